The fourth-order valence-electron chi connectivity index (χ4n) is 3.86. The van der Waals surface area contributed by atoms with Gasteiger partial charge in [0.1, 0.15) is 5.82 Å². The lowest BCUT2D eigenvalue weighted by molar-refractivity contribution is -0.136. The normalized spacial score (nSPS) is 26.5. The van der Waals surface area contributed by atoms with E-state index in [0.717, 1.165) is 44.6 Å². The Morgan fingerprint density at radius 1 is 1.24 bits per heavy atom. The SMILES string of the molecule is CC(=O)N1CCC[C@@H]2CN(Cc3ccc(F)cc3)CC[C@H]21. The highest BCUT2D eigenvalue weighted by Crippen LogP contribution is 2.31. The Kier molecular flexibility index (Phi) is 4.24. The molecule has 3 rings (SSSR count). The first-order chi connectivity index (χ1) is 10.1. The highest BCUT2D eigenvalue weighted by atomic mass is 19.1. The fraction of sp³-hybridized carbons (Fsp3) is 0.588. The Morgan fingerprint density at radius 2 is 2.00 bits per heavy atom. The van der Waals surface area contributed by atoms with Crippen molar-refractivity contribution in [3.63, 3.8) is 0 Å². The van der Waals surface area contributed by atoms with Crippen LogP contribution in [0.4, 0.5) is 4.39 Å². The average molecular weight is 290 g/mol. The lowest BCUT2D eigenvalue weighted by atomic mass is 9.83. The van der Waals surface area contributed by atoms with E-state index in [4.69, 9.17) is 0 Å². The van der Waals surface area contributed by atoms with E-state index in [9.17, 15) is 9.18 Å². The minimum absolute atomic E-state index is 0.179. The van der Waals surface area contributed by atoms with Gasteiger partial charge in [-0.1, -0.05) is 12.1 Å². The molecule has 2 aliphatic heterocycles. The van der Waals surface area contributed by atoms with Gasteiger partial charge in [0.25, 0.3) is 0 Å². The third-order valence-electron chi connectivity index (χ3n) is 4.88. The van der Waals surface area contributed by atoms with Gasteiger partial charge in [0.05, 0.1) is 0 Å². The van der Waals surface area contributed by atoms with Crippen molar-refractivity contribution in [2.24, 2.45) is 5.92 Å². The summed E-state index contributed by atoms with van der Waals surface area (Å²) in [7, 11) is 0. The van der Waals surface area contributed by atoms with E-state index in [0.29, 0.717) is 12.0 Å². The summed E-state index contributed by atoms with van der Waals surface area (Å²) >= 11 is 0. The number of halogens is 1. The number of carbonyl (C=O) groups excluding carboxylic acids is 1. The van der Waals surface area contributed by atoms with Gasteiger partial charge in [0.2, 0.25) is 5.91 Å². The van der Waals surface area contributed by atoms with E-state index in [1.165, 1.54) is 18.6 Å². The molecule has 0 N–H and O–H groups in total. The maximum atomic E-state index is 13.0. The minimum Gasteiger partial charge on any atom is -0.340 e. The van der Waals surface area contributed by atoms with Crippen LogP contribution in [0.5, 0.6) is 0 Å². The molecule has 2 fully saturated rings. The molecular formula is C17H23FN2O. The van der Waals surface area contributed by atoms with E-state index < -0.39 is 0 Å². The number of amides is 1. The Morgan fingerprint density at radius 3 is 2.71 bits per heavy atom. The highest BCUT2D eigenvalue weighted by Gasteiger charge is 2.36. The summed E-state index contributed by atoms with van der Waals surface area (Å²) in [6.45, 7) is 5.56. The standard InChI is InChI=1S/C17H23FN2O/c1-13(21)20-9-2-3-15-12-19(10-8-17(15)20)11-14-4-6-16(18)7-5-14/h4-7,15,17H,2-3,8-12H2,1H3/t15-,17-/m1/s1. The van der Waals surface area contributed by atoms with Gasteiger partial charge < -0.3 is 4.90 Å². The molecule has 4 heteroatoms. The van der Waals surface area contributed by atoms with Crippen molar-refractivity contribution >= 4 is 5.91 Å². The zero-order chi connectivity index (χ0) is 14.8. The topological polar surface area (TPSA) is 23.6 Å². The van der Waals surface area contributed by atoms with Crippen LogP contribution in [0.1, 0.15) is 31.7 Å². The van der Waals surface area contributed by atoms with Crippen LogP contribution in [0, 0.1) is 11.7 Å². The third kappa shape index (κ3) is 3.26. The molecule has 3 nitrogen and oxygen atoms in total. The van der Waals surface area contributed by atoms with Crippen LogP contribution in [0.15, 0.2) is 24.3 Å². The molecule has 0 bridgehead atoms. The van der Waals surface area contributed by atoms with Crippen LogP contribution >= 0.6 is 0 Å². The first-order valence-electron chi connectivity index (χ1n) is 7.87. The molecule has 1 amide bonds. The van der Waals surface area contributed by atoms with Crippen LogP contribution in [-0.2, 0) is 11.3 Å². The van der Waals surface area contributed by atoms with Gasteiger partial charge in [-0.15, -0.1) is 0 Å². The number of nitrogens with zero attached hydrogens (tertiary/aromatic N) is 2. The molecule has 2 saturated heterocycles. The third-order valence-corrected chi connectivity index (χ3v) is 4.88. The molecule has 0 spiro atoms. The molecule has 21 heavy (non-hydrogen) atoms. The second-order valence-corrected chi connectivity index (χ2v) is 6.33. The van der Waals surface area contributed by atoms with Crippen LogP contribution in [-0.4, -0.2) is 41.4 Å². The molecule has 2 heterocycles. The number of fused-ring (bicyclic) bond motifs is 1. The predicted molar refractivity (Wildman–Crippen MR) is 80.2 cm³/mol. The van der Waals surface area contributed by atoms with Crippen molar-refractivity contribution in [2.75, 3.05) is 19.6 Å². The molecular weight excluding hydrogens is 267 g/mol. The summed E-state index contributed by atoms with van der Waals surface area (Å²) in [5.41, 5.74) is 1.16. The Hall–Kier alpha value is -1.42. The van der Waals surface area contributed by atoms with Crippen LogP contribution in [0.25, 0.3) is 0 Å². The summed E-state index contributed by atoms with van der Waals surface area (Å²) < 4.78 is 13.0. The predicted octanol–water partition coefficient (Wildman–Crippen LogP) is 2.66. The van der Waals surface area contributed by atoms with Crippen molar-refractivity contribution in [3.05, 3.63) is 35.6 Å². The number of carbonyl (C=O) groups is 1. The second-order valence-electron chi connectivity index (χ2n) is 6.33. The first kappa shape index (κ1) is 14.5. The molecule has 1 aromatic rings. The number of hydrogen-bond acceptors (Lipinski definition) is 2. The summed E-state index contributed by atoms with van der Waals surface area (Å²) in [6.07, 6.45) is 3.39. The van der Waals surface area contributed by atoms with E-state index in [2.05, 4.69) is 9.80 Å². The van der Waals surface area contributed by atoms with Crippen LogP contribution in [0.3, 0.4) is 0 Å². The fourth-order valence-corrected chi connectivity index (χ4v) is 3.86. The smallest absolute Gasteiger partial charge is 0.219 e. The summed E-state index contributed by atoms with van der Waals surface area (Å²) in [5, 5.41) is 0. The average Bonchev–Trinajstić information content (AvgIpc) is 2.48. The van der Waals surface area contributed by atoms with Crippen LogP contribution in [0.2, 0.25) is 0 Å². The quantitative estimate of drug-likeness (QED) is 0.836. The Balaban J connectivity index is 1.62. The van der Waals surface area contributed by atoms with Crippen molar-refractivity contribution in [3.8, 4) is 0 Å². The van der Waals surface area contributed by atoms with E-state index in [-0.39, 0.29) is 11.7 Å². The van der Waals surface area contributed by atoms with Crippen molar-refractivity contribution in [2.45, 2.75) is 38.8 Å². The molecule has 0 aromatic heterocycles. The summed E-state index contributed by atoms with van der Waals surface area (Å²) in [6, 6.07) is 7.22. The Bertz CT molecular complexity index is 502. The Labute approximate surface area is 125 Å². The van der Waals surface area contributed by atoms with Gasteiger partial charge in [-0.05, 0) is 42.9 Å². The van der Waals surface area contributed by atoms with Crippen molar-refractivity contribution in [1.29, 1.82) is 0 Å². The molecule has 1 aromatic carbocycles. The second kappa shape index (κ2) is 6.14. The molecule has 0 unspecified atom stereocenters. The van der Waals surface area contributed by atoms with E-state index in [1.54, 1.807) is 6.92 Å². The summed E-state index contributed by atoms with van der Waals surface area (Å²) in [5.74, 6) is 0.635. The first-order valence-corrected chi connectivity index (χ1v) is 7.87. The number of hydrogen-bond donors (Lipinski definition) is 0. The molecule has 0 radical (unpaired) electrons. The molecule has 0 aliphatic carbocycles. The maximum Gasteiger partial charge on any atom is 0.219 e. The van der Waals surface area contributed by atoms with Crippen LogP contribution < -0.4 is 0 Å². The monoisotopic (exact) mass is 290 g/mol. The summed E-state index contributed by atoms with van der Waals surface area (Å²) in [4.78, 5) is 16.3. The van der Waals surface area contributed by atoms with Crippen molar-refractivity contribution < 1.29 is 9.18 Å². The molecule has 2 atom stereocenters. The van der Waals surface area contributed by atoms with Gasteiger partial charge in [-0.25, -0.2) is 4.39 Å². The maximum absolute atomic E-state index is 13.0. The van der Waals surface area contributed by atoms with Gasteiger partial charge in [-0.3, -0.25) is 9.69 Å². The lowest BCUT2D eigenvalue weighted by Crippen LogP contribution is -2.55. The number of piperidine rings is 2. The molecule has 114 valence electrons. The van der Waals surface area contributed by atoms with E-state index in [1.807, 2.05) is 12.1 Å². The zero-order valence-corrected chi connectivity index (χ0v) is 12.6. The van der Waals surface area contributed by atoms with Gasteiger partial charge in [0, 0.05) is 39.1 Å². The van der Waals surface area contributed by atoms with Crippen molar-refractivity contribution in [1.82, 2.24) is 9.80 Å². The molecule has 2 aliphatic rings. The van der Waals surface area contributed by atoms with Gasteiger partial charge in [0.15, 0.2) is 0 Å². The lowest BCUT2D eigenvalue weighted by Gasteiger charge is -2.47. The largest absolute Gasteiger partial charge is 0.340 e. The zero-order valence-electron chi connectivity index (χ0n) is 12.6. The minimum atomic E-state index is -0.179. The van der Waals surface area contributed by atoms with Gasteiger partial charge in [-0.2, -0.15) is 0 Å². The highest BCUT2D eigenvalue weighted by molar-refractivity contribution is 5.73. The van der Waals surface area contributed by atoms with E-state index >= 15 is 0 Å². The number of benzene rings is 1. The number of likely N-dealkylation sites (tertiary alicyclic amines) is 2. The molecule has 0 saturated carbocycles. The van der Waals surface area contributed by atoms with Gasteiger partial charge >= 0.3 is 0 Å². The number of rotatable bonds is 2.